The second-order valence-corrected chi connectivity index (χ2v) is 9.35. The summed E-state index contributed by atoms with van der Waals surface area (Å²) in [6.07, 6.45) is -6.21. The molecule has 1 aliphatic carbocycles. The molecule has 38 heavy (non-hydrogen) atoms. The van der Waals surface area contributed by atoms with E-state index in [0.717, 1.165) is 22.3 Å². The van der Waals surface area contributed by atoms with E-state index in [2.05, 4.69) is 22.8 Å². The smallest absolute Gasteiger partial charge is 0.407 e. The Hall–Kier alpha value is -3.06. The summed E-state index contributed by atoms with van der Waals surface area (Å²) < 4.78 is 5.48. The van der Waals surface area contributed by atoms with E-state index in [1.165, 1.54) is 0 Å². The van der Waals surface area contributed by atoms with Crippen LogP contribution in [0.25, 0.3) is 11.1 Å². The van der Waals surface area contributed by atoms with Crippen LogP contribution in [0.15, 0.2) is 48.5 Å². The number of ether oxygens (including phenoxy) is 1. The fourth-order valence-corrected chi connectivity index (χ4v) is 4.57. The van der Waals surface area contributed by atoms with Gasteiger partial charge in [-0.15, -0.1) is 0 Å². The van der Waals surface area contributed by atoms with Crippen molar-refractivity contribution in [1.29, 1.82) is 0 Å². The topological polar surface area (TPSA) is 189 Å². The van der Waals surface area contributed by atoms with Crippen molar-refractivity contribution >= 4 is 12.1 Å². The zero-order valence-corrected chi connectivity index (χ0v) is 20.9. The Morgan fingerprint density at radius 3 is 2.03 bits per heavy atom. The van der Waals surface area contributed by atoms with E-state index < -0.39 is 49.1 Å². The highest BCUT2D eigenvalue weighted by molar-refractivity contribution is 5.79. The van der Waals surface area contributed by atoms with Gasteiger partial charge in [0.05, 0.1) is 12.7 Å². The fourth-order valence-electron chi connectivity index (χ4n) is 4.57. The number of aliphatic hydroxyl groups is 5. The lowest BCUT2D eigenvalue weighted by Gasteiger charge is -2.26. The van der Waals surface area contributed by atoms with Gasteiger partial charge in [-0.3, -0.25) is 4.79 Å². The largest absolute Gasteiger partial charge is 0.480 e. The van der Waals surface area contributed by atoms with Crippen LogP contribution in [-0.2, 0) is 9.53 Å². The molecule has 0 unspecified atom stereocenters. The first-order chi connectivity index (χ1) is 18.2. The Morgan fingerprint density at radius 1 is 0.868 bits per heavy atom. The van der Waals surface area contributed by atoms with E-state index in [4.69, 9.17) is 9.84 Å². The summed E-state index contributed by atoms with van der Waals surface area (Å²) in [5.41, 5.74) is 4.51. The SMILES string of the molecule is O=C(NCCCC[C@H](NC[C@H](O)[C@@H](O)[C@H](O)[C@H](O)CO)C(=O)O)OCC1c2ccccc2-c2ccccc21. The third kappa shape index (κ3) is 7.50. The standard InChI is InChI=1S/C27H36N2O9/c30-14-23(32)25(34)24(33)22(31)13-29-21(26(35)36)11-5-6-12-28-27(37)38-15-20-18-9-3-1-7-16(18)17-8-2-4-10-19(17)20/h1-4,7-10,20-25,29-34H,5-6,11-15H2,(H,28,37)(H,35,36)/t21-,22-,23+,24+,25+/m0/s1. The highest BCUT2D eigenvalue weighted by Crippen LogP contribution is 2.44. The van der Waals surface area contributed by atoms with Crippen molar-refractivity contribution in [3.63, 3.8) is 0 Å². The minimum atomic E-state index is -1.79. The van der Waals surface area contributed by atoms with Gasteiger partial charge >= 0.3 is 12.1 Å². The fraction of sp³-hybridized carbons (Fsp3) is 0.481. The third-order valence-electron chi connectivity index (χ3n) is 6.73. The van der Waals surface area contributed by atoms with Gasteiger partial charge in [0.2, 0.25) is 0 Å². The summed E-state index contributed by atoms with van der Waals surface area (Å²) in [5, 5.41) is 62.3. The molecule has 11 heteroatoms. The number of fused-ring (bicyclic) bond motifs is 3. The summed E-state index contributed by atoms with van der Waals surface area (Å²) in [4.78, 5) is 23.8. The van der Waals surface area contributed by atoms with Gasteiger partial charge in [0, 0.05) is 19.0 Å². The van der Waals surface area contributed by atoms with E-state index in [9.17, 15) is 35.1 Å². The molecule has 2 aromatic rings. The number of hydrogen-bond acceptors (Lipinski definition) is 9. The molecule has 1 aliphatic rings. The molecule has 8 N–H and O–H groups in total. The highest BCUT2D eigenvalue weighted by atomic mass is 16.5. The van der Waals surface area contributed by atoms with Crippen molar-refractivity contribution < 1.29 is 45.0 Å². The number of hydrogen-bond donors (Lipinski definition) is 8. The zero-order chi connectivity index (χ0) is 27.7. The first-order valence-electron chi connectivity index (χ1n) is 12.6. The molecule has 0 spiro atoms. The molecule has 1 amide bonds. The van der Waals surface area contributed by atoms with Gasteiger partial charge in [0.25, 0.3) is 0 Å². The molecule has 0 saturated heterocycles. The number of carboxylic acids is 1. The summed E-state index contributed by atoms with van der Waals surface area (Å²) in [5.74, 6) is -1.20. The van der Waals surface area contributed by atoms with E-state index in [-0.39, 0.29) is 32.0 Å². The number of rotatable bonds is 15. The van der Waals surface area contributed by atoms with Crippen molar-refractivity contribution in [2.45, 2.75) is 55.6 Å². The zero-order valence-electron chi connectivity index (χ0n) is 20.9. The Labute approximate surface area is 220 Å². The van der Waals surface area contributed by atoms with Crippen LogP contribution in [0.4, 0.5) is 4.79 Å². The van der Waals surface area contributed by atoms with Crippen molar-refractivity contribution in [3.05, 3.63) is 59.7 Å². The first-order valence-corrected chi connectivity index (χ1v) is 12.6. The van der Waals surface area contributed by atoms with Crippen molar-refractivity contribution in [2.24, 2.45) is 0 Å². The van der Waals surface area contributed by atoms with Crippen LogP contribution in [0.1, 0.15) is 36.3 Å². The van der Waals surface area contributed by atoms with Crippen LogP contribution in [-0.4, -0.2) is 99.5 Å². The van der Waals surface area contributed by atoms with E-state index in [1.807, 2.05) is 36.4 Å². The number of carboxylic acid groups (broad SMARTS) is 1. The molecule has 0 aromatic heterocycles. The highest BCUT2D eigenvalue weighted by Gasteiger charge is 2.31. The van der Waals surface area contributed by atoms with Crippen molar-refractivity contribution in [2.75, 3.05) is 26.3 Å². The minimum Gasteiger partial charge on any atom is -0.480 e. The van der Waals surface area contributed by atoms with E-state index in [0.29, 0.717) is 12.8 Å². The maximum atomic E-state index is 12.2. The van der Waals surface area contributed by atoms with Gasteiger partial charge in [-0.1, -0.05) is 48.5 Å². The summed E-state index contributed by atoms with van der Waals surface area (Å²) in [6.45, 7) is -0.676. The molecular formula is C27H36N2O9. The predicted molar refractivity (Wildman–Crippen MR) is 137 cm³/mol. The first kappa shape index (κ1) is 29.5. The Morgan fingerprint density at radius 2 is 1.45 bits per heavy atom. The maximum absolute atomic E-state index is 12.2. The Bertz CT molecular complexity index is 1020. The normalized spacial score (nSPS) is 16.6. The molecule has 2 aromatic carbocycles. The number of unbranched alkanes of at least 4 members (excludes halogenated alkanes) is 1. The summed E-state index contributed by atoms with van der Waals surface area (Å²) in [7, 11) is 0. The number of amides is 1. The van der Waals surface area contributed by atoms with Gasteiger partial charge in [0.1, 0.15) is 31.0 Å². The number of carbonyl (C=O) groups excluding carboxylic acids is 1. The Kier molecular flexibility index (Phi) is 11.0. The summed E-state index contributed by atoms with van der Waals surface area (Å²) in [6, 6.07) is 15.0. The van der Waals surface area contributed by atoms with Gasteiger partial charge in [-0.05, 0) is 41.5 Å². The van der Waals surface area contributed by atoms with Crippen LogP contribution in [0, 0.1) is 0 Å². The summed E-state index contributed by atoms with van der Waals surface area (Å²) >= 11 is 0. The molecule has 0 heterocycles. The predicted octanol–water partition coefficient (Wildman–Crippen LogP) is 0.174. The minimum absolute atomic E-state index is 0.0440. The van der Waals surface area contributed by atoms with Gasteiger partial charge < -0.3 is 46.0 Å². The van der Waals surface area contributed by atoms with Gasteiger partial charge in [-0.25, -0.2) is 4.79 Å². The second kappa shape index (κ2) is 14.2. The van der Waals surface area contributed by atoms with Crippen LogP contribution in [0.2, 0.25) is 0 Å². The van der Waals surface area contributed by atoms with Crippen LogP contribution in [0.5, 0.6) is 0 Å². The molecule has 11 nitrogen and oxygen atoms in total. The van der Waals surface area contributed by atoms with Gasteiger partial charge in [-0.2, -0.15) is 0 Å². The lowest BCUT2D eigenvalue weighted by atomic mass is 9.98. The van der Waals surface area contributed by atoms with E-state index >= 15 is 0 Å². The molecule has 5 atom stereocenters. The molecule has 208 valence electrons. The number of aliphatic carboxylic acids is 1. The molecule has 0 fully saturated rings. The van der Waals surface area contributed by atoms with Crippen molar-refractivity contribution in [1.82, 2.24) is 10.6 Å². The number of benzene rings is 2. The lowest BCUT2D eigenvalue weighted by Crippen LogP contribution is -2.51. The average Bonchev–Trinajstić information content (AvgIpc) is 3.25. The number of nitrogens with one attached hydrogen (secondary N) is 2. The molecule has 0 aliphatic heterocycles. The molecule has 0 saturated carbocycles. The Balaban J connectivity index is 1.36. The third-order valence-corrected chi connectivity index (χ3v) is 6.73. The van der Waals surface area contributed by atoms with Gasteiger partial charge in [0.15, 0.2) is 0 Å². The van der Waals surface area contributed by atoms with Crippen molar-refractivity contribution in [3.8, 4) is 11.1 Å². The lowest BCUT2D eigenvalue weighted by molar-refractivity contribution is -0.140. The van der Waals surface area contributed by atoms with E-state index in [1.54, 1.807) is 0 Å². The maximum Gasteiger partial charge on any atom is 0.407 e. The van der Waals surface area contributed by atoms with Crippen LogP contribution in [0.3, 0.4) is 0 Å². The van der Waals surface area contributed by atoms with Crippen LogP contribution < -0.4 is 10.6 Å². The number of carbonyl (C=O) groups is 2. The molecule has 0 bridgehead atoms. The second-order valence-electron chi connectivity index (χ2n) is 9.35. The van der Waals surface area contributed by atoms with Crippen LogP contribution >= 0.6 is 0 Å². The average molecular weight is 533 g/mol. The number of aliphatic hydroxyl groups excluding tert-OH is 5. The monoisotopic (exact) mass is 532 g/mol. The number of alkyl carbamates (subject to hydrolysis) is 1. The molecule has 0 radical (unpaired) electrons. The molecular weight excluding hydrogens is 496 g/mol. The quantitative estimate of drug-likeness (QED) is 0.147. The molecule has 3 rings (SSSR count).